The van der Waals surface area contributed by atoms with Gasteiger partial charge in [0, 0.05) is 17.2 Å². The number of carbonyl (C=O) groups is 1. The highest BCUT2D eigenvalue weighted by Gasteiger charge is 2.52. The second-order valence-electron chi connectivity index (χ2n) is 14.9. The van der Waals surface area contributed by atoms with Crippen molar-refractivity contribution < 1.29 is 27.8 Å². The lowest BCUT2D eigenvalue weighted by atomic mass is 9.84. The van der Waals surface area contributed by atoms with E-state index in [9.17, 15) is 18.9 Å². The topological polar surface area (TPSA) is 85.7 Å². The third-order valence-corrected chi connectivity index (χ3v) is 16.0. The van der Waals surface area contributed by atoms with E-state index in [4.69, 9.17) is 13.9 Å². The van der Waals surface area contributed by atoms with Crippen molar-refractivity contribution in [3.05, 3.63) is 114 Å². The van der Waals surface area contributed by atoms with Gasteiger partial charge in [-0.05, 0) is 62.5 Å². The summed E-state index contributed by atoms with van der Waals surface area (Å²) in [5.41, 5.74) is 4.43. The van der Waals surface area contributed by atoms with Gasteiger partial charge in [0.05, 0.1) is 17.7 Å². The molecule has 0 saturated heterocycles. The third-order valence-electron chi connectivity index (χ3n) is 9.80. The quantitative estimate of drug-likeness (QED) is 0.0836. The van der Waals surface area contributed by atoms with Crippen molar-refractivity contribution in [3.63, 3.8) is 0 Å². The van der Waals surface area contributed by atoms with E-state index in [0.717, 1.165) is 51.3 Å². The minimum Gasteiger partial charge on any atom is -0.481 e. The van der Waals surface area contributed by atoms with Crippen LogP contribution in [0.1, 0.15) is 102 Å². The Morgan fingerprint density at radius 1 is 0.962 bits per heavy atom. The summed E-state index contributed by atoms with van der Waals surface area (Å²) >= 11 is 0. The lowest BCUT2D eigenvalue weighted by Gasteiger charge is -2.44. The van der Waals surface area contributed by atoms with Gasteiger partial charge in [-0.2, -0.15) is 0 Å². The van der Waals surface area contributed by atoms with Crippen molar-refractivity contribution in [2.75, 3.05) is 12.8 Å². The number of aliphatic carboxylic acids is 1. The van der Waals surface area contributed by atoms with Gasteiger partial charge in [0.2, 0.25) is 6.16 Å². The second-order valence-corrected chi connectivity index (χ2v) is 20.5. The zero-order chi connectivity index (χ0) is 37.3. The largest absolute Gasteiger partial charge is 0.511 e. The van der Waals surface area contributed by atoms with E-state index in [1.807, 2.05) is 60.7 Å². The monoisotopic (exact) mass is 738 g/mol. The minimum atomic E-state index is -3.11. The molecule has 1 fully saturated rings. The van der Waals surface area contributed by atoms with E-state index in [0.29, 0.717) is 5.92 Å². The summed E-state index contributed by atoms with van der Waals surface area (Å²) in [5.74, 6) is 5.46. The van der Waals surface area contributed by atoms with E-state index < -0.39 is 28.4 Å². The molecule has 5 rings (SSSR count). The van der Waals surface area contributed by atoms with Crippen LogP contribution in [0.4, 0.5) is 4.39 Å². The van der Waals surface area contributed by atoms with Crippen LogP contribution in [0, 0.1) is 17.7 Å². The lowest BCUT2D eigenvalue weighted by molar-refractivity contribution is -0.138. The Morgan fingerprint density at radius 2 is 1.56 bits per heavy atom. The van der Waals surface area contributed by atoms with Gasteiger partial charge in [0.15, 0.2) is 6.61 Å². The Labute approximate surface area is 310 Å². The predicted molar refractivity (Wildman–Crippen MR) is 210 cm³/mol. The van der Waals surface area contributed by atoms with Crippen molar-refractivity contribution in [3.8, 4) is 23.0 Å². The summed E-state index contributed by atoms with van der Waals surface area (Å²) in [6.07, 6.45) is 4.53. The first-order valence-corrected chi connectivity index (χ1v) is 21.5. The molecule has 0 amide bonds. The highest BCUT2D eigenvalue weighted by atomic mass is 31.1. The average molecular weight is 739 g/mol. The van der Waals surface area contributed by atoms with E-state index in [-0.39, 0.29) is 36.0 Å². The molecule has 52 heavy (non-hydrogen) atoms. The van der Waals surface area contributed by atoms with E-state index in [1.54, 1.807) is 12.1 Å². The summed E-state index contributed by atoms with van der Waals surface area (Å²) in [4.78, 5) is 17.3. The maximum Gasteiger partial charge on any atom is 0.511 e. The van der Waals surface area contributed by atoms with Crippen LogP contribution in [-0.4, -0.2) is 43.2 Å². The molecule has 1 aliphatic carbocycles. The molecule has 3 aromatic carbocycles. The Bertz CT molecular complexity index is 1840. The van der Waals surface area contributed by atoms with Crippen LogP contribution < -0.4 is 10.4 Å². The molecule has 1 aromatic heterocycles. The molecule has 2 atom stereocenters. The molecule has 6 nitrogen and oxygen atoms in total. The summed E-state index contributed by atoms with van der Waals surface area (Å²) in [6, 6.07) is 28.5. The molecule has 0 bridgehead atoms. The average Bonchev–Trinajstić information content (AvgIpc) is 3.12. The highest BCUT2D eigenvalue weighted by Crippen LogP contribution is 2.40. The van der Waals surface area contributed by atoms with Crippen molar-refractivity contribution >= 4 is 32.7 Å². The first-order valence-electron chi connectivity index (χ1n) is 18.3. The number of carboxylic acids is 1. The maximum atomic E-state index is 14.0. The maximum absolute atomic E-state index is 14.0. The molecular weight excluding hydrogens is 689 g/mol. The summed E-state index contributed by atoms with van der Waals surface area (Å²) < 4.78 is 40.3. The van der Waals surface area contributed by atoms with Crippen LogP contribution >= 0.6 is 8.03 Å². The van der Waals surface area contributed by atoms with Crippen molar-refractivity contribution in [2.24, 2.45) is 0 Å². The van der Waals surface area contributed by atoms with Gasteiger partial charge in [-0.25, -0.2) is 4.39 Å². The molecule has 0 radical (unpaired) electrons. The van der Waals surface area contributed by atoms with E-state index in [2.05, 4.69) is 52.5 Å². The van der Waals surface area contributed by atoms with Gasteiger partial charge in [-0.1, -0.05) is 139 Å². The van der Waals surface area contributed by atoms with E-state index >= 15 is 0 Å². The first kappa shape index (κ1) is 39.2. The number of carboxylic acid groups (broad SMARTS) is 1. The Morgan fingerprint density at radius 3 is 2.10 bits per heavy atom. The van der Waals surface area contributed by atoms with Crippen LogP contribution in [-0.2, 0) is 18.3 Å². The van der Waals surface area contributed by atoms with Crippen LogP contribution in [0.15, 0.2) is 91.0 Å². The van der Waals surface area contributed by atoms with Gasteiger partial charge < -0.3 is 9.53 Å². The molecule has 1 aliphatic rings. The SMILES string of the molecule is CC(C)c1nc(C2CCCCC2)cc(-c2ccc(F)cc2)c1C#CCO[P+](=O)C[C@H](CC(=O)O)O[Si](c1ccccc1)(c1ccccc1)C(C)(C)C. The van der Waals surface area contributed by atoms with Crippen LogP contribution in [0.2, 0.25) is 5.04 Å². The van der Waals surface area contributed by atoms with Gasteiger partial charge in [0.25, 0.3) is 8.32 Å². The predicted octanol–water partition coefficient (Wildman–Crippen LogP) is 9.59. The fourth-order valence-electron chi connectivity index (χ4n) is 7.33. The number of aromatic nitrogens is 1. The number of benzene rings is 3. The van der Waals surface area contributed by atoms with Crippen molar-refractivity contribution in [2.45, 2.75) is 96.1 Å². The zero-order valence-electron chi connectivity index (χ0n) is 30.9. The van der Waals surface area contributed by atoms with Crippen LogP contribution in [0.5, 0.6) is 0 Å². The molecule has 1 heterocycles. The van der Waals surface area contributed by atoms with Gasteiger partial charge in [-0.15, -0.1) is 4.52 Å². The zero-order valence-corrected chi connectivity index (χ0v) is 32.8. The number of halogens is 1. The van der Waals surface area contributed by atoms with Crippen molar-refractivity contribution in [1.29, 1.82) is 0 Å². The fourth-order valence-corrected chi connectivity index (χ4v) is 13.0. The van der Waals surface area contributed by atoms with Crippen molar-refractivity contribution in [1.82, 2.24) is 4.98 Å². The Hall–Kier alpha value is -3.99. The molecule has 4 aromatic rings. The molecular formula is C43H50FNO5PSi+. The summed E-state index contributed by atoms with van der Waals surface area (Å²) in [7, 11) is -5.43. The lowest BCUT2D eigenvalue weighted by Crippen LogP contribution is -2.68. The second kappa shape index (κ2) is 17.7. The molecule has 1 unspecified atom stereocenters. The van der Waals surface area contributed by atoms with E-state index in [1.165, 1.54) is 31.4 Å². The van der Waals surface area contributed by atoms with Gasteiger partial charge >= 0.3 is 14.0 Å². The number of nitrogens with zero attached hydrogens (tertiary/aromatic N) is 1. The Balaban J connectivity index is 1.41. The minimum absolute atomic E-state index is 0.0833. The molecule has 272 valence electrons. The van der Waals surface area contributed by atoms with Crippen LogP contribution in [0.25, 0.3) is 11.1 Å². The Kier molecular flexibility index (Phi) is 13.3. The number of pyridine rings is 1. The van der Waals surface area contributed by atoms with Crippen LogP contribution in [0.3, 0.4) is 0 Å². The summed E-state index contributed by atoms with van der Waals surface area (Å²) in [6.45, 7) is 10.4. The molecule has 0 spiro atoms. The first-order chi connectivity index (χ1) is 24.9. The molecule has 9 heteroatoms. The number of rotatable bonds is 13. The molecule has 0 aliphatic heterocycles. The third kappa shape index (κ3) is 9.51. The van der Waals surface area contributed by atoms with Gasteiger partial charge in [0.1, 0.15) is 11.9 Å². The smallest absolute Gasteiger partial charge is 0.481 e. The fraction of sp³-hybridized carbons (Fsp3) is 0.395. The standard InChI is InChI=1S/C43H49FNO5PSi/c1-31(2)42-38(39(32-23-25-34(44)26-24-32)29-40(45-42)33-16-9-6-10-17-33)22-15-27-49-51(48)30-35(28-41(46)47)50-52(43(3,4)5,36-18-11-7-12-19-36)37-20-13-8-14-21-37/h7-8,11-14,18-21,23-26,29,31,33,35H,6,9-10,16-17,27-28,30H2,1-5H3/p+1/t35-/m0/s1. The normalized spacial score (nSPS) is 14.8. The molecule has 1 N–H and O–H groups in total. The number of hydrogen-bond acceptors (Lipinski definition) is 5. The number of hydrogen-bond donors (Lipinski definition) is 1. The molecule has 1 saturated carbocycles. The highest BCUT2D eigenvalue weighted by molar-refractivity contribution is 7.39. The summed E-state index contributed by atoms with van der Waals surface area (Å²) in [5, 5.41) is 11.6. The van der Waals surface area contributed by atoms with Gasteiger partial charge in [-0.3, -0.25) is 9.78 Å².